The molecule has 0 spiro atoms. The van der Waals surface area contributed by atoms with Gasteiger partial charge in [0.15, 0.2) is 5.78 Å². The van der Waals surface area contributed by atoms with E-state index in [1.165, 1.54) is 11.1 Å². The molecule has 0 radical (unpaired) electrons. The molecule has 32 heavy (non-hydrogen) atoms. The lowest BCUT2D eigenvalue weighted by Crippen LogP contribution is -2.24. The Morgan fingerprint density at radius 1 is 1.12 bits per heavy atom. The average Bonchev–Trinajstić information content (AvgIpc) is 2.75. The van der Waals surface area contributed by atoms with Gasteiger partial charge in [0.05, 0.1) is 12.1 Å². The predicted octanol–water partition coefficient (Wildman–Crippen LogP) is 4.96. The van der Waals surface area contributed by atoms with Crippen molar-refractivity contribution in [1.29, 1.82) is 0 Å². The van der Waals surface area contributed by atoms with E-state index in [9.17, 15) is 22.8 Å². The summed E-state index contributed by atoms with van der Waals surface area (Å²) in [5.74, 6) is -0.454. The summed E-state index contributed by atoms with van der Waals surface area (Å²) in [7, 11) is 0. The smallest absolute Gasteiger partial charge is 0.340 e. The number of aryl methyl sites for hydroxylation is 2. The molecule has 5 nitrogen and oxygen atoms in total. The number of nitrogens with one attached hydrogen (secondary N) is 1. The van der Waals surface area contributed by atoms with Crippen LogP contribution in [-0.4, -0.2) is 34.3 Å². The lowest BCUT2D eigenvalue weighted by molar-refractivity contribution is -0.119. The molecule has 8 heteroatoms. The van der Waals surface area contributed by atoms with Gasteiger partial charge in [-0.3, -0.25) is 14.6 Å². The fourth-order valence-electron chi connectivity index (χ4n) is 3.05. The molecule has 2 aromatic rings. The first kappa shape index (κ1) is 23.0. The maximum Gasteiger partial charge on any atom is 0.418 e. The van der Waals surface area contributed by atoms with Crippen molar-refractivity contribution >= 4 is 17.4 Å². The molecule has 0 bridgehead atoms. The molecule has 0 atom stereocenters. The van der Waals surface area contributed by atoms with Gasteiger partial charge in [0.1, 0.15) is 5.69 Å². The van der Waals surface area contributed by atoms with Gasteiger partial charge in [0.25, 0.3) is 5.91 Å². The summed E-state index contributed by atoms with van der Waals surface area (Å²) >= 11 is 0. The highest BCUT2D eigenvalue weighted by atomic mass is 19.4. The number of allylic oxidation sites excluding steroid dienone is 2. The molecule has 1 aromatic heterocycles. The number of nitrogens with zero attached hydrogens (tertiary/aromatic N) is 2. The first-order valence-electron chi connectivity index (χ1n) is 10.0. The Balaban J connectivity index is 1.44. The van der Waals surface area contributed by atoms with E-state index >= 15 is 0 Å². The van der Waals surface area contributed by atoms with E-state index in [1.807, 2.05) is 25.1 Å². The van der Waals surface area contributed by atoms with Crippen LogP contribution in [0.25, 0.3) is 0 Å². The summed E-state index contributed by atoms with van der Waals surface area (Å²) in [6, 6.07) is 10.7. The normalized spacial score (nSPS) is 13.1. The van der Waals surface area contributed by atoms with Crippen LogP contribution < -0.4 is 5.32 Å². The van der Waals surface area contributed by atoms with Crippen LogP contribution in [0.5, 0.6) is 0 Å². The van der Waals surface area contributed by atoms with Crippen LogP contribution in [-0.2, 0) is 11.2 Å². The van der Waals surface area contributed by atoms with Gasteiger partial charge in [-0.25, -0.2) is 0 Å². The van der Waals surface area contributed by atoms with Gasteiger partial charge in [0, 0.05) is 30.7 Å². The Morgan fingerprint density at radius 3 is 2.53 bits per heavy atom. The number of Topliss-reactive ketones (excluding diaryl/α,β-unsaturated/α-hetero) is 1. The number of amides is 1. The number of alkyl halides is 3. The van der Waals surface area contributed by atoms with Crippen molar-refractivity contribution < 1.29 is 22.8 Å². The van der Waals surface area contributed by atoms with Crippen molar-refractivity contribution in [2.24, 2.45) is 0 Å². The van der Waals surface area contributed by atoms with Crippen LogP contribution in [0, 0.1) is 6.92 Å². The summed E-state index contributed by atoms with van der Waals surface area (Å²) in [6.45, 7) is 1.77. The Morgan fingerprint density at radius 2 is 1.88 bits per heavy atom. The minimum Gasteiger partial charge on any atom is -0.340 e. The minimum absolute atomic E-state index is 0.127. The van der Waals surface area contributed by atoms with E-state index in [2.05, 4.69) is 16.0 Å². The molecule has 0 saturated carbocycles. The van der Waals surface area contributed by atoms with E-state index in [1.54, 1.807) is 24.4 Å². The summed E-state index contributed by atoms with van der Waals surface area (Å²) in [4.78, 5) is 29.6. The van der Waals surface area contributed by atoms with Gasteiger partial charge in [-0.15, -0.1) is 5.73 Å². The second-order valence-corrected chi connectivity index (χ2v) is 7.46. The van der Waals surface area contributed by atoms with E-state index < -0.39 is 11.7 Å². The van der Waals surface area contributed by atoms with Crippen molar-refractivity contribution in [3.05, 3.63) is 89.2 Å². The predicted molar refractivity (Wildman–Crippen MR) is 115 cm³/mol. The average molecular weight is 441 g/mol. The highest BCUT2D eigenvalue weighted by molar-refractivity contribution is 6.02. The summed E-state index contributed by atoms with van der Waals surface area (Å²) in [5.41, 5.74) is 4.50. The van der Waals surface area contributed by atoms with Gasteiger partial charge in [0.2, 0.25) is 0 Å². The molecule has 1 aliphatic heterocycles. The Bertz CT molecular complexity index is 1070. The number of pyridine rings is 1. The zero-order valence-corrected chi connectivity index (χ0v) is 17.4. The van der Waals surface area contributed by atoms with Crippen molar-refractivity contribution in [3.63, 3.8) is 0 Å². The van der Waals surface area contributed by atoms with Gasteiger partial charge >= 0.3 is 6.18 Å². The van der Waals surface area contributed by atoms with Crippen molar-refractivity contribution in [2.75, 3.05) is 11.9 Å². The molecule has 2 heterocycles. The third kappa shape index (κ3) is 6.68. The highest BCUT2D eigenvalue weighted by Gasteiger charge is 2.33. The Hall–Kier alpha value is -3.64. The number of hydrogen-bond acceptors (Lipinski definition) is 4. The number of halogens is 3. The Labute approximate surface area is 184 Å². The number of aromatic nitrogens is 1. The lowest BCUT2D eigenvalue weighted by Gasteiger charge is -2.18. The van der Waals surface area contributed by atoms with E-state index in [0.717, 1.165) is 23.4 Å². The van der Waals surface area contributed by atoms with Crippen molar-refractivity contribution in [1.82, 2.24) is 9.88 Å². The molecule has 166 valence electrons. The van der Waals surface area contributed by atoms with Gasteiger partial charge in [-0.05, 0) is 55.2 Å². The molecule has 0 saturated heterocycles. The van der Waals surface area contributed by atoms with E-state index in [4.69, 9.17) is 0 Å². The van der Waals surface area contributed by atoms with Crippen LogP contribution in [0.2, 0.25) is 0 Å². The number of hydrogen-bond donors (Lipinski definition) is 1. The Kier molecular flexibility index (Phi) is 7.28. The van der Waals surface area contributed by atoms with Gasteiger partial charge in [-0.2, -0.15) is 13.2 Å². The first-order valence-corrected chi connectivity index (χ1v) is 10.0. The minimum atomic E-state index is -4.47. The molecule has 1 N–H and O–H groups in total. The van der Waals surface area contributed by atoms with Crippen LogP contribution in [0.15, 0.2) is 72.4 Å². The van der Waals surface area contributed by atoms with E-state index in [-0.39, 0.29) is 24.7 Å². The molecule has 1 aromatic carbocycles. The molecular weight excluding hydrogens is 419 g/mol. The SMILES string of the molecule is Cc1ccc(C(=O)Nc2ccc(CCCC(=O)CN3C=C=CC(C(F)(F)F)=C3)cc2)nc1. The number of benzene rings is 1. The fourth-order valence-corrected chi connectivity index (χ4v) is 3.05. The first-order chi connectivity index (χ1) is 15.2. The standard InChI is InChI=1S/C24H22F3N3O2/c1-17-7-12-22(28-14-17)23(32)29-20-10-8-18(9-11-20)4-2-6-21(31)16-30-13-3-5-19(15-30)24(25,26)27/h5,7-15H,2,4,6,16H2,1H3,(H,29,32). The molecule has 3 rings (SSSR count). The molecule has 0 fully saturated rings. The number of carbonyl (C=O) groups is 2. The zero-order chi connectivity index (χ0) is 23.1. The van der Waals surface area contributed by atoms with Crippen LogP contribution >= 0.6 is 0 Å². The molecular formula is C24H22F3N3O2. The van der Waals surface area contributed by atoms with Crippen molar-refractivity contribution in [3.8, 4) is 0 Å². The van der Waals surface area contributed by atoms with Crippen LogP contribution in [0.3, 0.4) is 0 Å². The molecule has 0 unspecified atom stereocenters. The molecule has 1 aliphatic rings. The number of ketones is 1. The maximum absolute atomic E-state index is 12.8. The van der Waals surface area contributed by atoms with Crippen molar-refractivity contribution in [2.45, 2.75) is 32.4 Å². The third-order valence-corrected chi connectivity index (χ3v) is 4.75. The summed E-state index contributed by atoms with van der Waals surface area (Å²) in [5, 5.41) is 2.78. The topological polar surface area (TPSA) is 62.3 Å². The number of carbonyl (C=O) groups excluding carboxylic acids is 2. The van der Waals surface area contributed by atoms with Crippen LogP contribution in [0.1, 0.15) is 34.5 Å². The largest absolute Gasteiger partial charge is 0.418 e. The zero-order valence-electron chi connectivity index (χ0n) is 17.4. The quantitative estimate of drug-likeness (QED) is 0.588. The molecule has 1 amide bonds. The lowest BCUT2D eigenvalue weighted by atomic mass is 10.1. The van der Waals surface area contributed by atoms with Gasteiger partial charge in [-0.1, -0.05) is 18.2 Å². The number of rotatable bonds is 8. The summed E-state index contributed by atoms with van der Waals surface area (Å²) < 4.78 is 38.3. The van der Waals surface area contributed by atoms with Gasteiger partial charge < -0.3 is 10.2 Å². The van der Waals surface area contributed by atoms with E-state index in [0.29, 0.717) is 24.2 Å². The number of anilines is 1. The monoisotopic (exact) mass is 441 g/mol. The highest BCUT2D eigenvalue weighted by Crippen LogP contribution is 2.28. The maximum atomic E-state index is 12.8. The second kappa shape index (κ2) is 10.1. The third-order valence-electron chi connectivity index (χ3n) is 4.75. The summed E-state index contributed by atoms with van der Waals surface area (Å²) in [6.07, 6.45) is 1.71. The fraction of sp³-hybridized carbons (Fsp3) is 0.250. The molecule has 0 aliphatic carbocycles. The second-order valence-electron chi connectivity index (χ2n) is 7.46. The van der Waals surface area contributed by atoms with Crippen LogP contribution in [0.4, 0.5) is 18.9 Å².